The van der Waals surface area contributed by atoms with E-state index in [-0.39, 0.29) is 0 Å². The molecule has 0 spiro atoms. The SMILES string of the molecule is CC=CC(=CC)c1c2ccccc2c(-c2ccc3ccc4ccccc4c3c2)c2ccccc12. The fraction of sp³-hybridized carbons (Fsp3) is 0.0588. The number of benzene rings is 6. The quantitative estimate of drug-likeness (QED) is 0.148. The van der Waals surface area contributed by atoms with Crippen LogP contribution in [0.1, 0.15) is 19.4 Å². The average molecular weight is 435 g/mol. The van der Waals surface area contributed by atoms with Gasteiger partial charge in [-0.3, -0.25) is 0 Å². The molecule has 162 valence electrons. The molecule has 0 amide bonds. The number of hydrogen-bond donors (Lipinski definition) is 0. The van der Waals surface area contributed by atoms with E-state index in [1.54, 1.807) is 0 Å². The van der Waals surface area contributed by atoms with Crippen molar-refractivity contribution in [1.29, 1.82) is 0 Å². The zero-order valence-corrected chi connectivity index (χ0v) is 19.5. The van der Waals surface area contributed by atoms with Crippen LogP contribution in [0.15, 0.2) is 121 Å². The molecule has 0 heterocycles. The summed E-state index contributed by atoms with van der Waals surface area (Å²) in [7, 11) is 0. The maximum atomic E-state index is 2.38. The average Bonchev–Trinajstić information content (AvgIpc) is 2.90. The summed E-state index contributed by atoms with van der Waals surface area (Å²) in [5, 5.41) is 10.3. The van der Waals surface area contributed by atoms with Crippen molar-refractivity contribution in [2.75, 3.05) is 0 Å². The highest BCUT2D eigenvalue weighted by Crippen LogP contribution is 2.43. The lowest BCUT2D eigenvalue weighted by Crippen LogP contribution is -1.93. The van der Waals surface area contributed by atoms with E-state index in [4.69, 9.17) is 0 Å². The van der Waals surface area contributed by atoms with Crippen molar-refractivity contribution in [1.82, 2.24) is 0 Å². The van der Waals surface area contributed by atoms with Crippen molar-refractivity contribution in [3.05, 3.63) is 127 Å². The van der Waals surface area contributed by atoms with Gasteiger partial charge in [-0.15, -0.1) is 0 Å². The monoisotopic (exact) mass is 434 g/mol. The molecule has 0 saturated heterocycles. The molecule has 6 rings (SSSR count). The lowest BCUT2D eigenvalue weighted by Gasteiger charge is -2.18. The maximum Gasteiger partial charge on any atom is -0.00261 e. The van der Waals surface area contributed by atoms with E-state index in [1.165, 1.54) is 65.4 Å². The van der Waals surface area contributed by atoms with Gasteiger partial charge in [0.05, 0.1) is 0 Å². The zero-order chi connectivity index (χ0) is 23.1. The molecular weight excluding hydrogens is 408 g/mol. The number of hydrogen-bond acceptors (Lipinski definition) is 0. The van der Waals surface area contributed by atoms with Gasteiger partial charge in [0, 0.05) is 0 Å². The smallest absolute Gasteiger partial charge is 0.00261 e. The van der Waals surface area contributed by atoms with E-state index < -0.39 is 0 Å². The van der Waals surface area contributed by atoms with Gasteiger partial charge in [-0.2, -0.15) is 0 Å². The normalized spacial score (nSPS) is 12.5. The Kier molecular flexibility index (Phi) is 5.00. The minimum atomic E-state index is 1.26. The lowest BCUT2D eigenvalue weighted by molar-refractivity contribution is 1.64. The predicted octanol–water partition coefficient (Wildman–Crippen LogP) is 9.95. The van der Waals surface area contributed by atoms with Gasteiger partial charge in [0.2, 0.25) is 0 Å². The lowest BCUT2D eigenvalue weighted by atomic mass is 9.85. The minimum absolute atomic E-state index is 1.26. The highest BCUT2D eigenvalue weighted by atomic mass is 14.2. The molecule has 0 nitrogen and oxygen atoms in total. The third kappa shape index (κ3) is 3.15. The number of fused-ring (bicyclic) bond motifs is 5. The molecule has 0 N–H and O–H groups in total. The molecule has 0 bridgehead atoms. The van der Waals surface area contributed by atoms with E-state index in [0.29, 0.717) is 0 Å². The Morgan fingerprint density at radius 1 is 0.529 bits per heavy atom. The van der Waals surface area contributed by atoms with Crippen LogP contribution >= 0.6 is 0 Å². The molecule has 6 aromatic carbocycles. The van der Waals surface area contributed by atoms with Crippen LogP contribution in [0.25, 0.3) is 59.8 Å². The number of rotatable bonds is 3. The summed E-state index contributed by atoms with van der Waals surface area (Å²) in [5.74, 6) is 0. The summed E-state index contributed by atoms with van der Waals surface area (Å²) in [6, 6.07) is 37.8. The van der Waals surface area contributed by atoms with E-state index in [1.807, 2.05) is 0 Å². The first-order valence-electron chi connectivity index (χ1n) is 11.9. The maximum absolute atomic E-state index is 2.38. The van der Waals surface area contributed by atoms with Crippen LogP contribution in [0.3, 0.4) is 0 Å². The largest absolute Gasteiger partial charge is 0.0871 e. The highest BCUT2D eigenvalue weighted by Gasteiger charge is 2.16. The van der Waals surface area contributed by atoms with Crippen LogP contribution in [0.5, 0.6) is 0 Å². The second kappa shape index (κ2) is 8.32. The van der Waals surface area contributed by atoms with Crippen LogP contribution in [0, 0.1) is 0 Å². The molecule has 6 aromatic rings. The summed E-state index contributed by atoms with van der Waals surface area (Å²) in [5.41, 5.74) is 5.13. The molecule has 0 saturated carbocycles. The first-order valence-corrected chi connectivity index (χ1v) is 11.9. The van der Waals surface area contributed by atoms with Crippen LogP contribution in [0.2, 0.25) is 0 Å². The third-order valence-electron chi connectivity index (χ3n) is 6.91. The first-order chi connectivity index (χ1) is 16.8. The predicted molar refractivity (Wildman–Crippen MR) is 150 cm³/mol. The van der Waals surface area contributed by atoms with E-state index in [2.05, 4.69) is 135 Å². The fourth-order valence-corrected chi connectivity index (χ4v) is 5.41. The Morgan fingerprint density at radius 2 is 1.06 bits per heavy atom. The summed E-state index contributed by atoms with van der Waals surface area (Å²) in [4.78, 5) is 0. The van der Waals surface area contributed by atoms with Gasteiger partial charge in [-0.05, 0) is 85.3 Å². The van der Waals surface area contributed by atoms with Gasteiger partial charge in [-0.25, -0.2) is 0 Å². The van der Waals surface area contributed by atoms with E-state index in [9.17, 15) is 0 Å². The van der Waals surface area contributed by atoms with Crippen molar-refractivity contribution in [2.24, 2.45) is 0 Å². The molecule has 34 heavy (non-hydrogen) atoms. The molecule has 0 radical (unpaired) electrons. The Labute approximate surface area is 200 Å². The van der Waals surface area contributed by atoms with Crippen LogP contribution < -0.4 is 0 Å². The van der Waals surface area contributed by atoms with Crippen LogP contribution in [0.4, 0.5) is 0 Å². The Balaban J connectivity index is 1.77. The molecular formula is C34H26. The van der Waals surface area contributed by atoms with E-state index in [0.717, 1.165) is 0 Å². The van der Waals surface area contributed by atoms with Gasteiger partial charge in [0.25, 0.3) is 0 Å². The molecule has 0 atom stereocenters. The highest BCUT2D eigenvalue weighted by molar-refractivity contribution is 6.20. The summed E-state index contributed by atoms with van der Waals surface area (Å²) >= 11 is 0. The Morgan fingerprint density at radius 3 is 1.68 bits per heavy atom. The standard InChI is InChI=1S/C34H26/c1-3-11-23(4-2)33-28-14-7-9-16-30(28)34(31-17-10-8-15-29(31)33)26-21-20-25-19-18-24-12-5-6-13-27(24)32(25)22-26/h3-22H,1-2H3. The van der Waals surface area contributed by atoms with Gasteiger partial charge < -0.3 is 0 Å². The molecule has 0 aliphatic carbocycles. The van der Waals surface area contributed by atoms with Gasteiger partial charge in [0.1, 0.15) is 0 Å². The van der Waals surface area contributed by atoms with E-state index >= 15 is 0 Å². The third-order valence-corrected chi connectivity index (χ3v) is 6.91. The number of allylic oxidation sites excluding steroid dienone is 4. The van der Waals surface area contributed by atoms with Crippen LogP contribution in [-0.2, 0) is 0 Å². The van der Waals surface area contributed by atoms with Gasteiger partial charge >= 0.3 is 0 Å². The molecule has 0 fully saturated rings. The van der Waals surface area contributed by atoms with Gasteiger partial charge in [0.15, 0.2) is 0 Å². The van der Waals surface area contributed by atoms with Crippen LogP contribution in [-0.4, -0.2) is 0 Å². The molecule has 0 aliphatic heterocycles. The van der Waals surface area contributed by atoms with Gasteiger partial charge in [-0.1, -0.05) is 115 Å². The van der Waals surface area contributed by atoms with Crippen molar-refractivity contribution < 1.29 is 0 Å². The first kappa shape index (κ1) is 20.4. The summed E-state index contributed by atoms with van der Waals surface area (Å²) in [6.07, 6.45) is 6.56. The molecule has 0 aliphatic rings. The van der Waals surface area contributed by atoms with Crippen molar-refractivity contribution >= 4 is 48.7 Å². The van der Waals surface area contributed by atoms with Crippen molar-refractivity contribution in [3.63, 3.8) is 0 Å². The fourth-order valence-electron chi connectivity index (χ4n) is 5.41. The minimum Gasteiger partial charge on any atom is -0.0871 e. The zero-order valence-electron chi connectivity index (χ0n) is 19.5. The summed E-state index contributed by atoms with van der Waals surface area (Å²) in [6.45, 7) is 4.21. The Hall–Kier alpha value is -4.16. The molecule has 0 aromatic heterocycles. The summed E-state index contributed by atoms with van der Waals surface area (Å²) < 4.78 is 0. The van der Waals surface area contributed by atoms with Crippen molar-refractivity contribution in [3.8, 4) is 11.1 Å². The second-order valence-electron chi connectivity index (χ2n) is 8.81. The Bertz CT molecular complexity index is 1710. The molecule has 0 unspecified atom stereocenters. The molecule has 0 heteroatoms. The second-order valence-corrected chi connectivity index (χ2v) is 8.81. The topological polar surface area (TPSA) is 0 Å². The van der Waals surface area contributed by atoms with Crippen molar-refractivity contribution in [2.45, 2.75) is 13.8 Å².